The highest BCUT2D eigenvalue weighted by Crippen LogP contribution is 1.94. The van der Waals surface area contributed by atoms with E-state index in [2.05, 4.69) is 20.8 Å². The molecule has 1 atom stereocenters. The van der Waals surface area contributed by atoms with Gasteiger partial charge in [-0.15, -0.1) is 0 Å². The Bertz CT molecular complexity index is 353. The highest BCUT2D eigenvalue weighted by molar-refractivity contribution is 5.81. The fourth-order valence-electron chi connectivity index (χ4n) is 1.18. The Balaban J connectivity index is 2.24. The smallest absolute Gasteiger partial charge is 0.236 e. The lowest BCUT2D eigenvalue weighted by Crippen LogP contribution is -2.42. The Morgan fingerprint density at radius 2 is 2.35 bits per heavy atom. The third-order valence-corrected chi connectivity index (χ3v) is 2.13. The van der Waals surface area contributed by atoms with Gasteiger partial charge in [0.15, 0.2) is 5.82 Å². The number of aryl methyl sites for hydroxylation is 1. The molecule has 7 heteroatoms. The molecule has 0 saturated heterocycles. The average molecular weight is 242 g/mol. The molecule has 0 saturated carbocycles. The van der Waals surface area contributed by atoms with Crippen LogP contribution in [0.4, 0.5) is 0 Å². The van der Waals surface area contributed by atoms with Gasteiger partial charge in [-0.05, 0) is 6.92 Å². The van der Waals surface area contributed by atoms with Crippen LogP contribution in [0.3, 0.4) is 0 Å². The molecule has 1 amide bonds. The zero-order valence-electron chi connectivity index (χ0n) is 10.3. The second kappa shape index (κ2) is 6.97. The predicted octanol–water partition coefficient (Wildman–Crippen LogP) is -0.381. The first-order chi connectivity index (χ1) is 8.13. The summed E-state index contributed by atoms with van der Waals surface area (Å²) in [6, 6.07) is -0.314. The second-order valence-corrected chi connectivity index (χ2v) is 3.62. The van der Waals surface area contributed by atoms with Crippen LogP contribution < -0.4 is 10.6 Å². The van der Waals surface area contributed by atoms with Gasteiger partial charge >= 0.3 is 0 Å². The van der Waals surface area contributed by atoms with Crippen molar-refractivity contribution in [3.8, 4) is 0 Å². The molecule has 0 spiro atoms. The Morgan fingerprint density at radius 3 is 2.94 bits per heavy atom. The minimum atomic E-state index is -0.314. The summed E-state index contributed by atoms with van der Waals surface area (Å²) in [5.41, 5.74) is 0. The maximum atomic E-state index is 11.6. The first-order valence-corrected chi connectivity index (χ1v) is 5.42. The zero-order valence-corrected chi connectivity index (χ0v) is 10.3. The van der Waals surface area contributed by atoms with Crippen LogP contribution in [-0.2, 0) is 16.1 Å². The van der Waals surface area contributed by atoms with Crippen LogP contribution >= 0.6 is 0 Å². The molecule has 0 bridgehead atoms. The van der Waals surface area contributed by atoms with E-state index in [1.165, 1.54) is 0 Å². The molecule has 0 fully saturated rings. The predicted molar refractivity (Wildman–Crippen MR) is 60.2 cm³/mol. The Labute approximate surface area is 99.9 Å². The van der Waals surface area contributed by atoms with E-state index in [4.69, 9.17) is 9.26 Å². The molecular formula is C10H18N4O3. The topological polar surface area (TPSA) is 89.3 Å². The lowest BCUT2D eigenvalue weighted by Gasteiger charge is -2.12. The SMILES string of the molecule is COCCNC(=O)C(C)NCc1noc(C)n1. The van der Waals surface area contributed by atoms with Gasteiger partial charge in [0.2, 0.25) is 11.8 Å². The summed E-state index contributed by atoms with van der Waals surface area (Å²) in [5, 5.41) is 9.46. The van der Waals surface area contributed by atoms with Gasteiger partial charge in [0.1, 0.15) is 0 Å². The number of amides is 1. The summed E-state index contributed by atoms with van der Waals surface area (Å²) in [6.07, 6.45) is 0. The van der Waals surface area contributed by atoms with Crippen LogP contribution in [0.15, 0.2) is 4.52 Å². The first kappa shape index (κ1) is 13.6. The fourth-order valence-corrected chi connectivity index (χ4v) is 1.18. The maximum absolute atomic E-state index is 11.6. The van der Waals surface area contributed by atoms with Gasteiger partial charge in [0.25, 0.3) is 0 Å². The van der Waals surface area contributed by atoms with Gasteiger partial charge in [-0.1, -0.05) is 5.16 Å². The van der Waals surface area contributed by atoms with Crippen molar-refractivity contribution in [3.63, 3.8) is 0 Å². The van der Waals surface area contributed by atoms with Crippen molar-refractivity contribution in [1.29, 1.82) is 0 Å². The average Bonchev–Trinajstić information content (AvgIpc) is 2.72. The van der Waals surface area contributed by atoms with Crippen molar-refractivity contribution in [3.05, 3.63) is 11.7 Å². The van der Waals surface area contributed by atoms with Gasteiger partial charge in [0, 0.05) is 20.6 Å². The number of hydrogen-bond acceptors (Lipinski definition) is 6. The molecule has 1 heterocycles. The second-order valence-electron chi connectivity index (χ2n) is 3.62. The fraction of sp³-hybridized carbons (Fsp3) is 0.700. The van der Waals surface area contributed by atoms with Gasteiger partial charge in [-0.3, -0.25) is 10.1 Å². The lowest BCUT2D eigenvalue weighted by molar-refractivity contribution is -0.123. The minimum Gasteiger partial charge on any atom is -0.383 e. The molecule has 1 aromatic rings. The quantitative estimate of drug-likeness (QED) is 0.633. The Kier molecular flexibility index (Phi) is 5.58. The number of nitrogens with one attached hydrogen (secondary N) is 2. The van der Waals surface area contributed by atoms with Crippen LogP contribution in [0.25, 0.3) is 0 Å². The molecular weight excluding hydrogens is 224 g/mol. The molecule has 2 N–H and O–H groups in total. The van der Waals surface area contributed by atoms with Gasteiger partial charge in [0.05, 0.1) is 19.2 Å². The zero-order chi connectivity index (χ0) is 12.7. The number of rotatable bonds is 7. The van der Waals surface area contributed by atoms with Crippen LogP contribution in [-0.4, -0.2) is 42.4 Å². The summed E-state index contributed by atoms with van der Waals surface area (Å²) < 4.78 is 9.66. The highest BCUT2D eigenvalue weighted by Gasteiger charge is 2.12. The minimum absolute atomic E-state index is 0.0812. The molecule has 0 radical (unpaired) electrons. The van der Waals surface area contributed by atoms with E-state index >= 15 is 0 Å². The third-order valence-electron chi connectivity index (χ3n) is 2.13. The third kappa shape index (κ3) is 4.92. The van der Waals surface area contributed by atoms with Crippen molar-refractivity contribution in [2.45, 2.75) is 26.4 Å². The number of aromatic nitrogens is 2. The highest BCUT2D eigenvalue weighted by atomic mass is 16.5. The van der Waals surface area contributed by atoms with Crippen LogP contribution in [0.2, 0.25) is 0 Å². The summed E-state index contributed by atoms with van der Waals surface area (Å²) in [6.45, 7) is 4.90. The van der Waals surface area contributed by atoms with Crippen molar-refractivity contribution < 1.29 is 14.1 Å². The summed E-state index contributed by atoms with van der Waals surface area (Å²) in [4.78, 5) is 15.6. The van der Waals surface area contributed by atoms with E-state index in [9.17, 15) is 4.79 Å². The molecule has 1 rings (SSSR count). The number of hydrogen-bond donors (Lipinski definition) is 2. The molecule has 0 aliphatic heterocycles. The van der Waals surface area contributed by atoms with E-state index in [1.54, 1.807) is 21.0 Å². The number of nitrogens with zero attached hydrogens (tertiary/aromatic N) is 2. The molecule has 7 nitrogen and oxygen atoms in total. The summed E-state index contributed by atoms with van der Waals surface area (Å²) in [7, 11) is 1.59. The molecule has 96 valence electrons. The first-order valence-electron chi connectivity index (χ1n) is 5.42. The Hall–Kier alpha value is -1.47. The van der Waals surface area contributed by atoms with Crippen LogP contribution in [0.5, 0.6) is 0 Å². The van der Waals surface area contributed by atoms with E-state index in [1.807, 2.05) is 0 Å². The maximum Gasteiger partial charge on any atom is 0.236 e. The molecule has 0 aliphatic rings. The van der Waals surface area contributed by atoms with E-state index < -0.39 is 0 Å². The van der Waals surface area contributed by atoms with Crippen molar-refractivity contribution in [2.24, 2.45) is 0 Å². The monoisotopic (exact) mass is 242 g/mol. The molecule has 0 aromatic carbocycles. The van der Waals surface area contributed by atoms with Crippen molar-refractivity contribution in [2.75, 3.05) is 20.3 Å². The van der Waals surface area contributed by atoms with E-state index in [0.717, 1.165) is 0 Å². The van der Waals surface area contributed by atoms with Crippen molar-refractivity contribution in [1.82, 2.24) is 20.8 Å². The molecule has 17 heavy (non-hydrogen) atoms. The number of carbonyl (C=O) groups is 1. The lowest BCUT2D eigenvalue weighted by atomic mass is 10.3. The van der Waals surface area contributed by atoms with E-state index in [0.29, 0.717) is 31.4 Å². The largest absolute Gasteiger partial charge is 0.383 e. The molecule has 0 aliphatic carbocycles. The van der Waals surface area contributed by atoms with Gasteiger partial charge in [-0.25, -0.2) is 0 Å². The van der Waals surface area contributed by atoms with Crippen LogP contribution in [0, 0.1) is 6.92 Å². The standard InChI is InChI=1S/C10H18N4O3/c1-7(10(15)11-4-5-16-3)12-6-9-13-8(2)17-14-9/h7,12H,4-6H2,1-3H3,(H,11,15). The Morgan fingerprint density at radius 1 is 1.59 bits per heavy atom. The molecule has 1 unspecified atom stereocenters. The number of carbonyl (C=O) groups excluding carboxylic acids is 1. The van der Waals surface area contributed by atoms with Gasteiger partial charge < -0.3 is 14.6 Å². The van der Waals surface area contributed by atoms with E-state index in [-0.39, 0.29) is 11.9 Å². The normalized spacial score (nSPS) is 12.4. The van der Waals surface area contributed by atoms with Gasteiger partial charge in [-0.2, -0.15) is 4.98 Å². The summed E-state index contributed by atoms with van der Waals surface area (Å²) >= 11 is 0. The van der Waals surface area contributed by atoms with Crippen molar-refractivity contribution >= 4 is 5.91 Å². The summed E-state index contributed by atoms with van der Waals surface area (Å²) in [5.74, 6) is 0.973. The molecule has 1 aromatic heterocycles. The van der Waals surface area contributed by atoms with Crippen LogP contribution in [0.1, 0.15) is 18.6 Å². The number of ether oxygens (including phenoxy) is 1. The number of methoxy groups -OCH3 is 1.